The van der Waals surface area contributed by atoms with E-state index in [1.165, 1.54) is 11.6 Å². The van der Waals surface area contributed by atoms with Crippen LogP contribution in [0.5, 0.6) is 5.75 Å². The van der Waals surface area contributed by atoms with Crippen molar-refractivity contribution in [2.75, 3.05) is 37.4 Å². The molecule has 0 unspecified atom stereocenters. The number of nitrogens with one attached hydrogen (secondary N) is 2. The maximum atomic E-state index is 14.9. The molecule has 0 radical (unpaired) electrons. The van der Waals surface area contributed by atoms with E-state index in [0.717, 1.165) is 12.0 Å². The third kappa shape index (κ3) is 4.86. The maximum Gasteiger partial charge on any atom is 0.211 e. The summed E-state index contributed by atoms with van der Waals surface area (Å²) in [6, 6.07) is 13.6. The van der Waals surface area contributed by atoms with Gasteiger partial charge in [0.2, 0.25) is 10.0 Å². The van der Waals surface area contributed by atoms with Crippen LogP contribution >= 0.6 is 0 Å². The van der Waals surface area contributed by atoms with E-state index in [2.05, 4.69) is 22.2 Å². The van der Waals surface area contributed by atoms with Gasteiger partial charge in [-0.2, -0.15) is 0 Å². The lowest BCUT2D eigenvalue weighted by Crippen LogP contribution is -2.60. The molecule has 6 nitrogen and oxygen atoms in total. The number of anilines is 1. The molecule has 2 N–H and O–H groups in total. The van der Waals surface area contributed by atoms with Crippen molar-refractivity contribution in [2.24, 2.45) is 0 Å². The molecule has 8 heteroatoms. The second-order valence-corrected chi connectivity index (χ2v) is 10.3. The number of halogens is 1. The van der Waals surface area contributed by atoms with Gasteiger partial charge in [0.05, 0.1) is 17.5 Å². The molecule has 0 amide bonds. The third-order valence-electron chi connectivity index (χ3n) is 6.09. The van der Waals surface area contributed by atoms with E-state index < -0.39 is 10.0 Å². The predicted molar refractivity (Wildman–Crippen MR) is 121 cm³/mol. The van der Waals surface area contributed by atoms with Gasteiger partial charge in [-0.15, -0.1) is 0 Å². The Labute approximate surface area is 183 Å². The molecule has 31 heavy (non-hydrogen) atoms. The van der Waals surface area contributed by atoms with Gasteiger partial charge in [-0.1, -0.05) is 37.3 Å². The highest BCUT2D eigenvalue weighted by Gasteiger charge is 2.35. The summed E-state index contributed by atoms with van der Waals surface area (Å²) in [5.74, 6) is 0.515. The van der Waals surface area contributed by atoms with Crippen molar-refractivity contribution in [2.45, 2.75) is 37.8 Å². The minimum atomic E-state index is -3.27. The van der Waals surface area contributed by atoms with Crippen LogP contribution in [-0.4, -0.2) is 53.0 Å². The van der Waals surface area contributed by atoms with Gasteiger partial charge >= 0.3 is 0 Å². The number of hydrogen-bond donors (Lipinski definition) is 2. The minimum Gasteiger partial charge on any atom is -0.492 e. The van der Waals surface area contributed by atoms with Crippen LogP contribution in [0.2, 0.25) is 0 Å². The Hall–Kier alpha value is -2.16. The predicted octanol–water partition coefficient (Wildman–Crippen LogP) is 2.65. The van der Waals surface area contributed by atoms with E-state index in [1.807, 2.05) is 43.1 Å². The summed E-state index contributed by atoms with van der Waals surface area (Å²) in [7, 11) is -1.35. The molecule has 4 rings (SSSR count). The van der Waals surface area contributed by atoms with Crippen LogP contribution in [0.3, 0.4) is 0 Å². The number of rotatable bonds is 8. The van der Waals surface area contributed by atoms with Crippen LogP contribution in [-0.2, 0) is 16.4 Å². The molecule has 168 valence electrons. The summed E-state index contributed by atoms with van der Waals surface area (Å²) in [5.41, 5.74) is 2.71. The number of hydrogen-bond acceptors (Lipinski definition) is 5. The van der Waals surface area contributed by atoms with Crippen molar-refractivity contribution in [3.63, 3.8) is 0 Å². The van der Waals surface area contributed by atoms with Gasteiger partial charge in [0.1, 0.15) is 18.2 Å². The van der Waals surface area contributed by atoms with E-state index in [9.17, 15) is 12.8 Å². The summed E-state index contributed by atoms with van der Waals surface area (Å²) in [6.45, 7) is 3.24. The highest BCUT2D eigenvalue weighted by Crippen LogP contribution is 2.40. The molecule has 2 heterocycles. The zero-order valence-corrected chi connectivity index (χ0v) is 18.8. The standard InChI is InChI=1S/C23H30FN3O3S/c1-3-9-31(28,29)26-17-13-27(14-17)22-11-19-18(10-16-7-5-4-6-8-16)21(25-2)15-30-23(19)12-20(22)24/h4-8,11-12,17-18,21,25-26H,3,9-10,13-15H2,1-2H3/t18-,21-/m0/s1. The van der Waals surface area contributed by atoms with Gasteiger partial charge in [-0.25, -0.2) is 17.5 Å². The number of nitrogens with zero attached hydrogens (tertiary/aromatic N) is 1. The zero-order valence-electron chi connectivity index (χ0n) is 18.0. The Morgan fingerprint density at radius 1 is 1.19 bits per heavy atom. The Kier molecular flexibility index (Phi) is 6.50. The summed E-state index contributed by atoms with van der Waals surface area (Å²) >= 11 is 0. The molecular weight excluding hydrogens is 417 g/mol. The van der Waals surface area contributed by atoms with Crippen molar-refractivity contribution in [3.8, 4) is 5.75 Å². The van der Waals surface area contributed by atoms with Gasteiger partial charge < -0.3 is 15.0 Å². The molecule has 0 bridgehead atoms. The second kappa shape index (κ2) is 9.14. The average Bonchev–Trinajstić information content (AvgIpc) is 2.71. The second-order valence-electron chi connectivity index (χ2n) is 8.38. The minimum absolute atomic E-state index is 0.112. The van der Waals surface area contributed by atoms with Crippen LogP contribution in [0.15, 0.2) is 42.5 Å². The monoisotopic (exact) mass is 447 g/mol. The lowest BCUT2D eigenvalue weighted by molar-refractivity contribution is 0.218. The SMILES string of the molecule is CCCS(=O)(=O)NC1CN(c2cc3c(cc2F)OC[C@H](NC)[C@H]3Cc2ccccc2)C1. The molecule has 2 atom stereocenters. The lowest BCUT2D eigenvalue weighted by atomic mass is 9.83. The largest absolute Gasteiger partial charge is 0.492 e. The van der Waals surface area contributed by atoms with Crippen molar-refractivity contribution < 1.29 is 17.5 Å². The molecule has 2 aromatic rings. The number of fused-ring (bicyclic) bond motifs is 1. The van der Waals surface area contributed by atoms with Gasteiger partial charge in [-0.3, -0.25) is 0 Å². The Morgan fingerprint density at radius 2 is 1.94 bits per heavy atom. The highest BCUT2D eigenvalue weighted by molar-refractivity contribution is 7.89. The molecule has 2 aliphatic rings. The molecule has 1 fully saturated rings. The number of sulfonamides is 1. The fraction of sp³-hybridized carbons (Fsp3) is 0.478. The van der Waals surface area contributed by atoms with Crippen molar-refractivity contribution in [3.05, 3.63) is 59.4 Å². The normalized spacial score (nSPS) is 21.3. The fourth-order valence-corrected chi connectivity index (χ4v) is 5.78. The van der Waals surface area contributed by atoms with Gasteiger partial charge in [-0.05, 0) is 31.5 Å². The van der Waals surface area contributed by atoms with Crippen LogP contribution in [0.4, 0.5) is 10.1 Å². The van der Waals surface area contributed by atoms with Crippen molar-refractivity contribution in [1.29, 1.82) is 0 Å². The van der Waals surface area contributed by atoms with Gasteiger partial charge in [0, 0.05) is 36.7 Å². The average molecular weight is 448 g/mol. The molecule has 0 saturated carbocycles. The van der Waals surface area contributed by atoms with E-state index in [-0.39, 0.29) is 29.6 Å². The molecule has 1 saturated heterocycles. The molecule has 0 aromatic heterocycles. The topological polar surface area (TPSA) is 70.7 Å². The van der Waals surface area contributed by atoms with E-state index in [4.69, 9.17) is 4.74 Å². The van der Waals surface area contributed by atoms with Crippen LogP contribution in [0, 0.1) is 5.82 Å². The maximum absolute atomic E-state index is 14.9. The van der Waals surface area contributed by atoms with E-state index in [0.29, 0.717) is 37.6 Å². The van der Waals surface area contributed by atoms with Gasteiger partial charge in [0.15, 0.2) is 0 Å². The Morgan fingerprint density at radius 3 is 2.61 bits per heavy atom. The number of likely N-dealkylation sites (N-methyl/N-ethyl adjacent to an activating group) is 1. The Bertz CT molecular complexity index is 1010. The Balaban J connectivity index is 1.55. The van der Waals surface area contributed by atoms with E-state index >= 15 is 0 Å². The van der Waals surface area contributed by atoms with Crippen molar-refractivity contribution >= 4 is 15.7 Å². The van der Waals surface area contributed by atoms with Crippen LogP contribution < -0.4 is 19.7 Å². The first-order chi connectivity index (χ1) is 14.9. The third-order valence-corrected chi connectivity index (χ3v) is 7.73. The first-order valence-corrected chi connectivity index (χ1v) is 12.5. The summed E-state index contributed by atoms with van der Waals surface area (Å²) in [5, 5.41) is 3.34. The summed E-state index contributed by atoms with van der Waals surface area (Å²) in [6.07, 6.45) is 1.40. The van der Waals surface area contributed by atoms with E-state index in [1.54, 1.807) is 0 Å². The first-order valence-electron chi connectivity index (χ1n) is 10.8. The highest BCUT2D eigenvalue weighted by atomic mass is 32.2. The molecule has 0 spiro atoms. The van der Waals surface area contributed by atoms with Crippen LogP contribution in [0.25, 0.3) is 0 Å². The fourth-order valence-electron chi connectivity index (χ4n) is 4.47. The molecule has 0 aliphatic carbocycles. The molecular formula is C23H30FN3O3S. The molecule has 2 aromatic carbocycles. The van der Waals surface area contributed by atoms with Crippen LogP contribution in [0.1, 0.15) is 30.4 Å². The lowest BCUT2D eigenvalue weighted by Gasteiger charge is -2.42. The summed E-state index contributed by atoms with van der Waals surface area (Å²) in [4.78, 5) is 1.89. The number of benzene rings is 2. The number of ether oxygens (including phenoxy) is 1. The smallest absolute Gasteiger partial charge is 0.211 e. The van der Waals surface area contributed by atoms with Crippen molar-refractivity contribution in [1.82, 2.24) is 10.0 Å². The first kappa shape index (κ1) is 22.0. The zero-order chi connectivity index (χ0) is 22.0. The summed E-state index contributed by atoms with van der Waals surface area (Å²) < 4.78 is 47.4. The van der Waals surface area contributed by atoms with Gasteiger partial charge in [0.25, 0.3) is 0 Å². The molecule has 2 aliphatic heterocycles. The quantitative estimate of drug-likeness (QED) is 0.651.